The van der Waals surface area contributed by atoms with E-state index in [2.05, 4.69) is 158 Å². The van der Waals surface area contributed by atoms with Crippen LogP contribution >= 0.6 is 0 Å². The maximum atomic E-state index is 10.2. The van der Waals surface area contributed by atoms with Gasteiger partial charge in [0.15, 0.2) is 0 Å². The molecule has 0 bridgehead atoms. The minimum absolute atomic E-state index is 0.250. The van der Waals surface area contributed by atoms with E-state index >= 15 is 0 Å². The lowest BCUT2D eigenvalue weighted by Crippen LogP contribution is -1.91. The van der Waals surface area contributed by atoms with E-state index in [1.165, 1.54) is 75.8 Å². The molecule has 0 amide bonds. The fraction of sp³-hybridized carbons (Fsp3) is 0. The van der Waals surface area contributed by atoms with Gasteiger partial charge in [-0.15, -0.1) is 0 Å². The molecule has 0 aliphatic carbocycles. The molecule has 2 N–H and O–H groups in total. The van der Waals surface area contributed by atoms with E-state index in [1.807, 2.05) is 24.3 Å². The predicted molar refractivity (Wildman–Crippen MR) is 254 cm³/mol. The van der Waals surface area contributed by atoms with Crippen LogP contribution in [0.1, 0.15) is 0 Å². The topological polar surface area (TPSA) is 40.5 Å². The van der Waals surface area contributed by atoms with Crippen molar-refractivity contribution in [3.05, 3.63) is 206 Å². The fourth-order valence-electron chi connectivity index (χ4n) is 9.56. The Labute approximate surface area is 346 Å². The summed E-state index contributed by atoms with van der Waals surface area (Å²) in [6.45, 7) is 0. The van der Waals surface area contributed by atoms with Crippen molar-refractivity contribution < 1.29 is 10.2 Å². The molecule has 12 rings (SSSR count). The highest BCUT2D eigenvalue weighted by molar-refractivity contribution is 6.25. The molecule has 0 saturated heterocycles. The summed E-state index contributed by atoms with van der Waals surface area (Å²) in [5, 5.41) is 37.3. The Morgan fingerprint density at radius 2 is 0.533 bits per heavy atom. The summed E-state index contributed by atoms with van der Waals surface area (Å²) >= 11 is 0. The summed E-state index contributed by atoms with van der Waals surface area (Å²) in [7, 11) is 0. The Kier molecular flexibility index (Phi) is 7.57. The minimum atomic E-state index is 0.250. The van der Waals surface area contributed by atoms with E-state index in [0.717, 1.165) is 44.2 Å². The second-order valence-corrected chi connectivity index (χ2v) is 16.0. The number of hydrogen-bond donors (Lipinski definition) is 2. The molecule has 0 saturated carbocycles. The number of rotatable bonds is 4. The summed E-state index contributed by atoms with van der Waals surface area (Å²) in [5.41, 5.74) is 8.93. The van der Waals surface area contributed by atoms with Gasteiger partial charge in [-0.25, -0.2) is 0 Å². The van der Waals surface area contributed by atoms with Gasteiger partial charge in [0.2, 0.25) is 0 Å². The highest BCUT2D eigenvalue weighted by Gasteiger charge is 2.18. The standard InChI is InChI=1S/C58H36O2/c59-45-21-13-35(14-22-45)39-17-27-51-53(43-19-25-49-41(29-43)11-9-37-5-1-3-7-47(37)49)33-57-56-32-40(36-15-23-46(60)24-16-36)18-28-52(56)54(34-58(57)55(51)31-39)44-20-26-50-42(30-44)12-10-38-6-2-4-8-48(38)50/h1-34,59-60H. The zero-order valence-electron chi connectivity index (χ0n) is 32.5. The monoisotopic (exact) mass is 764 g/mol. The van der Waals surface area contributed by atoms with Gasteiger partial charge in [0.25, 0.3) is 0 Å². The van der Waals surface area contributed by atoms with Gasteiger partial charge in [-0.05, 0) is 181 Å². The molecule has 0 radical (unpaired) electrons. The third kappa shape index (κ3) is 5.50. The molecule has 12 aromatic carbocycles. The number of hydrogen-bond acceptors (Lipinski definition) is 2. The average Bonchev–Trinajstić information content (AvgIpc) is 3.30. The van der Waals surface area contributed by atoms with Crippen molar-refractivity contribution in [3.8, 4) is 56.0 Å². The van der Waals surface area contributed by atoms with Crippen molar-refractivity contribution in [3.63, 3.8) is 0 Å². The van der Waals surface area contributed by atoms with E-state index in [-0.39, 0.29) is 11.5 Å². The molecular weight excluding hydrogens is 729 g/mol. The number of fused-ring (bicyclic) bond motifs is 11. The van der Waals surface area contributed by atoms with Crippen LogP contribution in [-0.4, -0.2) is 10.2 Å². The Balaban J connectivity index is 1.18. The molecule has 0 aliphatic heterocycles. The van der Waals surface area contributed by atoms with Crippen molar-refractivity contribution in [2.75, 3.05) is 0 Å². The third-order valence-electron chi connectivity index (χ3n) is 12.6. The van der Waals surface area contributed by atoms with Crippen molar-refractivity contribution in [2.24, 2.45) is 0 Å². The smallest absolute Gasteiger partial charge is 0.115 e. The second-order valence-electron chi connectivity index (χ2n) is 16.0. The van der Waals surface area contributed by atoms with Crippen LogP contribution in [0.15, 0.2) is 206 Å². The van der Waals surface area contributed by atoms with E-state index in [9.17, 15) is 10.2 Å². The van der Waals surface area contributed by atoms with Crippen LogP contribution in [0.25, 0.3) is 120 Å². The number of aromatic hydroxyl groups is 2. The summed E-state index contributed by atoms with van der Waals surface area (Å²) in [6.07, 6.45) is 0. The van der Waals surface area contributed by atoms with E-state index in [4.69, 9.17) is 0 Å². The van der Waals surface area contributed by atoms with Gasteiger partial charge in [-0.3, -0.25) is 0 Å². The Hall–Kier alpha value is -7.94. The molecular formula is C58H36O2. The van der Waals surface area contributed by atoms with E-state index in [1.54, 1.807) is 24.3 Å². The molecule has 0 spiro atoms. The first kappa shape index (κ1) is 34.1. The summed E-state index contributed by atoms with van der Waals surface area (Å²) in [6, 6.07) is 73.3. The van der Waals surface area contributed by atoms with E-state index in [0.29, 0.717) is 0 Å². The normalized spacial score (nSPS) is 11.8. The summed E-state index contributed by atoms with van der Waals surface area (Å²) in [5.74, 6) is 0.501. The Morgan fingerprint density at radius 1 is 0.200 bits per heavy atom. The molecule has 0 atom stereocenters. The van der Waals surface area contributed by atoms with Crippen molar-refractivity contribution in [1.29, 1.82) is 0 Å². The second kappa shape index (κ2) is 13.3. The van der Waals surface area contributed by atoms with Crippen LogP contribution in [-0.2, 0) is 0 Å². The molecule has 60 heavy (non-hydrogen) atoms. The van der Waals surface area contributed by atoms with Crippen LogP contribution < -0.4 is 0 Å². The molecule has 12 aromatic rings. The first-order valence-electron chi connectivity index (χ1n) is 20.4. The summed E-state index contributed by atoms with van der Waals surface area (Å²) < 4.78 is 0. The zero-order chi connectivity index (χ0) is 39.9. The molecule has 0 heterocycles. The first-order valence-corrected chi connectivity index (χ1v) is 20.4. The van der Waals surface area contributed by atoms with Gasteiger partial charge in [-0.1, -0.05) is 146 Å². The van der Waals surface area contributed by atoms with Gasteiger partial charge >= 0.3 is 0 Å². The van der Waals surface area contributed by atoms with Gasteiger partial charge in [-0.2, -0.15) is 0 Å². The molecule has 0 aliphatic rings. The Morgan fingerprint density at radius 3 is 0.983 bits per heavy atom. The highest BCUT2D eigenvalue weighted by atomic mass is 16.3. The average molecular weight is 765 g/mol. The maximum absolute atomic E-state index is 10.2. The Bertz CT molecular complexity index is 3460. The van der Waals surface area contributed by atoms with Crippen LogP contribution in [0, 0.1) is 0 Å². The van der Waals surface area contributed by atoms with Gasteiger partial charge < -0.3 is 10.2 Å². The first-order chi connectivity index (χ1) is 29.5. The van der Waals surface area contributed by atoms with Crippen LogP contribution in [0.5, 0.6) is 11.5 Å². The fourth-order valence-corrected chi connectivity index (χ4v) is 9.56. The molecule has 0 unspecified atom stereocenters. The number of phenols is 2. The number of benzene rings is 12. The van der Waals surface area contributed by atoms with Crippen molar-refractivity contribution in [2.45, 2.75) is 0 Å². The summed E-state index contributed by atoms with van der Waals surface area (Å²) in [4.78, 5) is 0. The third-order valence-corrected chi connectivity index (χ3v) is 12.6. The molecule has 2 nitrogen and oxygen atoms in total. The number of phenolic OH excluding ortho intramolecular Hbond substituents is 2. The van der Waals surface area contributed by atoms with Gasteiger partial charge in [0, 0.05) is 0 Å². The molecule has 0 fully saturated rings. The molecule has 2 heteroatoms. The van der Waals surface area contributed by atoms with Gasteiger partial charge in [0.05, 0.1) is 0 Å². The molecule has 280 valence electrons. The van der Waals surface area contributed by atoms with Crippen LogP contribution in [0.2, 0.25) is 0 Å². The van der Waals surface area contributed by atoms with Crippen molar-refractivity contribution in [1.82, 2.24) is 0 Å². The lowest BCUT2D eigenvalue weighted by atomic mass is 9.85. The van der Waals surface area contributed by atoms with Crippen molar-refractivity contribution >= 4 is 75.4 Å². The minimum Gasteiger partial charge on any atom is -0.508 e. The van der Waals surface area contributed by atoms with Gasteiger partial charge in [0.1, 0.15) is 11.5 Å². The highest BCUT2D eigenvalue weighted by Crippen LogP contribution is 2.45. The zero-order valence-corrected chi connectivity index (χ0v) is 32.5. The molecule has 0 aromatic heterocycles. The predicted octanol–water partition coefficient (Wildman–Crippen LogP) is 15.8. The SMILES string of the molecule is Oc1ccc(-c2ccc3c(-c4ccc5c(ccc6ccccc65)c4)cc4c5cc(-c6ccc(O)cc6)ccc5c(-c5ccc6c(ccc7ccccc76)c5)cc4c3c2)cc1. The lowest BCUT2D eigenvalue weighted by Gasteiger charge is -2.18. The van der Waals surface area contributed by atoms with Crippen LogP contribution in [0.4, 0.5) is 0 Å². The van der Waals surface area contributed by atoms with Crippen LogP contribution in [0.3, 0.4) is 0 Å². The largest absolute Gasteiger partial charge is 0.508 e. The van der Waals surface area contributed by atoms with E-state index < -0.39 is 0 Å². The quantitative estimate of drug-likeness (QED) is 0.175. The lowest BCUT2D eigenvalue weighted by molar-refractivity contribution is 0.475. The maximum Gasteiger partial charge on any atom is 0.115 e.